The maximum atomic E-state index is 13.5. The number of hydrogen-bond acceptors (Lipinski definition) is 5. The van der Waals surface area contributed by atoms with Crippen LogP contribution in [0.2, 0.25) is 0 Å². The lowest BCUT2D eigenvalue weighted by molar-refractivity contribution is -0.135. The van der Waals surface area contributed by atoms with Crippen LogP contribution in [0.3, 0.4) is 0 Å². The fourth-order valence-corrected chi connectivity index (χ4v) is 3.06. The molecular formula is C18H21FN4O2. The summed E-state index contributed by atoms with van der Waals surface area (Å²) in [6.45, 7) is 1.14. The third-order valence-electron chi connectivity index (χ3n) is 4.35. The van der Waals surface area contributed by atoms with E-state index >= 15 is 0 Å². The topological polar surface area (TPSA) is 81.3 Å². The molecular weight excluding hydrogens is 323 g/mol. The number of aromatic nitrogens is 2. The van der Waals surface area contributed by atoms with E-state index in [2.05, 4.69) is 9.97 Å². The summed E-state index contributed by atoms with van der Waals surface area (Å²) in [5.74, 6) is 0.209. The number of ether oxygens (including phenoxy) is 1. The molecule has 0 saturated carbocycles. The predicted octanol–water partition coefficient (Wildman–Crippen LogP) is 2.06. The minimum atomic E-state index is -0.468. The quantitative estimate of drug-likeness (QED) is 0.898. The van der Waals surface area contributed by atoms with E-state index in [0.717, 1.165) is 18.5 Å². The molecule has 0 spiro atoms. The molecule has 2 aromatic rings. The molecule has 132 valence electrons. The van der Waals surface area contributed by atoms with E-state index < -0.39 is 5.82 Å². The van der Waals surface area contributed by atoms with Gasteiger partial charge in [-0.15, -0.1) is 0 Å². The van der Waals surface area contributed by atoms with Crippen molar-refractivity contribution in [2.45, 2.75) is 19.3 Å². The summed E-state index contributed by atoms with van der Waals surface area (Å²) >= 11 is 0. The molecule has 25 heavy (non-hydrogen) atoms. The molecule has 1 fully saturated rings. The van der Waals surface area contributed by atoms with Crippen molar-refractivity contribution >= 4 is 11.7 Å². The van der Waals surface area contributed by atoms with Crippen LogP contribution in [0, 0.1) is 11.7 Å². The summed E-state index contributed by atoms with van der Waals surface area (Å²) in [4.78, 5) is 22.5. The number of carbonyl (C=O) groups is 1. The van der Waals surface area contributed by atoms with Gasteiger partial charge in [0.25, 0.3) is 5.91 Å². The van der Waals surface area contributed by atoms with Crippen LogP contribution in [0.1, 0.15) is 18.5 Å². The summed E-state index contributed by atoms with van der Waals surface area (Å²) in [5, 5.41) is 0. The molecule has 0 radical (unpaired) electrons. The molecule has 0 bridgehead atoms. The molecule has 6 nitrogen and oxygen atoms in total. The number of nitrogens with zero attached hydrogens (tertiary/aromatic N) is 3. The van der Waals surface area contributed by atoms with E-state index in [-0.39, 0.29) is 24.2 Å². The zero-order valence-corrected chi connectivity index (χ0v) is 13.9. The summed E-state index contributed by atoms with van der Waals surface area (Å²) in [7, 11) is 0. The van der Waals surface area contributed by atoms with Gasteiger partial charge in [-0.05, 0) is 37.3 Å². The van der Waals surface area contributed by atoms with Crippen molar-refractivity contribution in [1.29, 1.82) is 0 Å². The van der Waals surface area contributed by atoms with Crippen LogP contribution in [0.25, 0.3) is 0 Å². The van der Waals surface area contributed by atoms with Gasteiger partial charge in [0.1, 0.15) is 5.82 Å². The van der Waals surface area contributed by atoms with E-state index in [1.165, 1.54) is 12.1 Å². The number of anilines is 1. The van der Waals surface area contributed by atoms with Crippen LogP contribution in [0.4, 0.5) is 10.2 Å². The van der Waals surface area contributed by atoms with E-state index in [4.69, 9.17) is 10.5 Å². The number of benzene rings is 1. The van der Waals surface area contributed by atoms with E-state index in [1.54, 1.807) is 29.4 Å². The van der Waals surface area contributed by atoms with E-state index in [0.29, 0.717) is 25.3 Å². The zero-order valence-electron chi connectivity index (χ0n) is 13.9. The first-order chi connectivity index (χ1) is 12.1. The van der Waals surface area contributed by atoms with Crippen molar-refractivity contribution in [2.75, 3.05) is 25.4 Å². The molecule has 1 atom stereocenters. The lowest BCUT2D eigenvalue weighted by Crippen LogP contribution is -2.42. The van der Waals surface area contributed by atoms with Crippen molar-refractivity contribution in [3.05, 3.63) is 48.2 Å². The highest BCUT2D eigenvalue weighted by molar-refractivity contribution is 5.77. The predicted molar refractivity (Wildman–Crippen MR) is 91.3 cm³/mol. The Morgan fingerprint density at radius 3 is 2.92 bits per heavy atom. The monoisotopic (exact) mass is 344 g/mol. The Labute approximate surface area is 145 Å². The van der Waals surface area contributed by atoms with Crippen LogP contribution in [0.5, 0.6) is 5.75 Å². The number of nitrogen functional groups attached to an aromatic ring is 1. The van der Waals surface area contributed by atoms with Crippen LogP contribution in [-0.4, -0.2) is 40.5 Å². The third kappa shape index (κ3) is 4.43. The molecule has 3 rings (SSSR count). The Hall–Kier alpha value is -2.70. The van der Waals surface area contributed by atoms with E-state index in [9.17, 15) is 9.18 Å². The van der Waals surface area contributed by atoms with Crippen molar-refractivity contribution in [1.82, 2.24) is 14.9 Å². The Balaban J connectivity index is 1.55. The highest BCUT2D eigenvalue weighted by Crippen LogP contribution is 2.22. The van der Waals surface area contributed by atoms with Gasteiger partial charge in [-0.2, -0.15) is 0 Å². The van der Waals surface area contributed by atoms with Crippen LogP contribution >= 0.6 is 0 Å². The van der Waals surface area contributed by atoms with Crippen LogP contribution in [-0.2, 0) is 11.2 Å². The Kier molecular flexibility index (Phi) is 5.42. The van der Waals surface area contributed by atoms with Gasteiger partial charge in [0, 0.05) is 25.5 Å². The number of piperidine rings is 1. The molecule has 7 heteroatoms. The second-order valence-corrected chi connectivity index (χ2v) is 6.16. The van der Waals surface area contributed by atoms with Gasteiger partial charge < -0.3 is 15.4 Å². The number of nitrogens with two attached hydrogens (primary N) is 1. The number of likely N-dealkylation sites (tertiary alicyclic amines) is 1. The summed E-state index contributed by atoms with van der Waals surface area (Å²) < 4.78 is 18.9. The molecule has 1 aromatic carbocycles. The Bertz CT molecular complexity index is 741. The highest BCUT2D eigenvalue weighted by atomic mass is 19.1. The van der Waals surface area contributed by atoms with Gasteiger partial charge >= 0.3 is 0 Å². The zero-order chi connectivity index (χ0) is 17.6. The normalized spacial score (nSPS) is 17.3. The molecule has 2 N–H and O–H groups in total. The number of carbonyl (C=O) groups excluding carboxylic acids is 1. The van der Waals surface area contributed by atoms with Crippen molar-refractivity contribution in [2.24, 2.45) is 5.92 Å². The van der Waals surface area contributed by atoms with Gasteiger partial charge in [0.15, 0.2) is 18.2 Å². The van der Waals surface area contributed by atoms with Crippen LogP contribution in [0.15, 0.2) is 36.7 Å². The minimum Gasteiger partial charge on any atom is -0.481 e. The van der Waals surface area contributed by atoms with Gasteiger partial charge in [0.05, 0.1) is 5.69 Å². The molecule has 1 unspecified atom stereocenters. The average molecular weight is 344 g/mol. The molecule has 2 heterocycles. The SMILES string of the molecule is Nc1nccnc1CC1CCCN(C(=O)COc2ccccc2F)C1. The molecule has 1 aliphatic heterocycles. The summed E-state index contributed by atoms with van der Waals surface area (Å²) in [6, 6.07) is 6.07. The number of hydrogen-bond donors (Lipinski definition) is 1. The van der Waals surface area contributed by atoms with E-state index in [1.807, 2.05) is 0 Å². The molecule has 1 aliphatic rings. The highest BCUT2D eigenvalue weighted by Gasteiger charge is 2.25. The first-order valence-electron chi connectivity index (χ1n) is 8.34. The first-order valence-corrected chi connectivity index (χ1v) is 8.34. The first kappa shape index (κ1) is 17.1. The maximum Gasteiger partial charge on any atom is 0.260 e. The fourth-order valence-electron chi connectivity index (χ4n) is 3.06. The molecule has 1 aromatic heterocycles. The Morgan fingerprint density at radius 1 is 1.32 bits per heavy atom. The van der Waals surface area contributed by atoms with Gasteiger partial charge in [-0.1, -0.05) is 12.1 Å². The smallest absolute Gasteiger partial charge is 0.260 e. The largest absolute Gasteiger partial charge is 0.481 e. The average Bonchev–Trinajstić information content (AvgIpc) is 2.63. The number of rotatable bonds is 5. The summed E-state index contributed by atoms with van der Waals surface area (Å²) in [5.41, 5.74) is 6.62. The number of halogens is 1. The van der Waals surface area contributed by atoms with Gasteiger partial charge in [-0.3, -0.25) is 9.78 Å². The van der Waals surface area contributed by atoms with Crippen molar-refractivity contribution in [3.63, 3.8) is 0 Å². The lowest BCUT2D eigenvalue weighted by Gasteiger charge is -2.32. The molecule has 1 saturated heterocycles. The minimum absolute atomic E-state index is 0.0942. The lowest BCUT2D eigenvalue weighted by atomic mass is 9.93. The third-order valence-corrected chi connectivity index (χ3v) is 4.35. The standard InChI is InChI=1S/C18H21FN4O2/c19-14-5-1-2-6-16(14)25-12-17(24)23-9-3-4-13(11-23)10-15-18(20)22-8-7-21-15/h1-2,5-8,13H,3-4,9-12H2,(H2,20,22). The van der Waals surface area contributed by atoms with Gasteiger partial charge in [-0.25, -0.2) is 9.37 Å². The van der Waals surface area contributed by atoms with Crippen LogP contribution < -0.4 is 10.5 Å². The second kappa shape index (κ2) is 7.92. The van der Waals surface area contributed by atoms with Crippen molar-refractivity contribution < 1.29 is 13.9 Å². The second-order valence-electron chi connectivity index (χ2n) is 6.16. The number of para-hydroxylation sites is 1. The van der Waals surface area contributed by atoms with Gasteiger partial charge in [0.2, 0.25) is 0 Å². The molecule has 0 aliphatic carbocycles. The summed E-state index contributed by atoms with van der Waals surface area (Å²) in [6.07, 6.45) is 5.80. The Morgan fingerprint density at radius 2 is 2.12 bits per heavy atom. The van der Waals surface area contributed by atoms with Crippen molar-refractivity contribution in [3.8, 4) is 5.75 Å². The number of amides is 1. The molecule has 1 amide bonds. The maximum absolute atomic E-state index is 13.5. The fraction of sp³-hybridized carbons (Fsp3) is 0.389.